The first kappa shape index (κ1) is 21.3. The smallest absolute Gasteiger partial charge is 0.319 e. The lowest BCUT2D eigenvalue weighted by Crippen LogP contribution is -2.47. The number of ether oxygens (including phenoxy) is 1. The SMILES string of the molecule is COc1ccc(N2CCN(CCCNC(=O)Nc3ccc(C)cc3Cl)CC2)cc1. The molecule has 1 aliphatic heterocycles. The number of aryl methyl sites for hydroxylation is 1. The summed E-state index contributed by atoms with van der Waals surface area (Å²) in [6.45, 7) is 7.63. The highest BCUT2D eigenvalue weighted by atomic mass is 35.5. The number of carbonyl (C=O) groups excluding carboxylic acids is 1. The molecule has 0 radical (unpaired) electrons. The fourth-order valence-corrected chi connectivity index (χ4v) is 3.70. The number of rotatable bonds is 7. The highest BCUT2D eigenvalue weighted by molar-refractivity contribution is 6.33. The number of anilines is 2. The number of benzene rings is 2. The van der Waals surface area contributed by atoms with E-state index < -0.39 is 0 Å². The summed E-state index contributed by atoms with van der Waals surface area (Å²) in [5, 5.41) is 6.25. The van der Waals surface area contributed by atoms with E-state index in [0.29, 0.717) is 17.3 Å². The molecule has 156 valence electrons. The Labute approximate surface area is 177 Å². The number of carbonyl (C=O) groups is 1. The number of methoxy groups -OCH3 is 1. The van der Waals surface area contributed by atoms with Crippen LogP contribution in [-0.4, -0.2) is 57.3 Å². The number of halogens is 1. The minimum Gasteiger partial charge on any atom is -0.497 e. The molecule has 0 unspecified atom stereocenters. The number of urea groups is 1. The molecule has 0 aromatic heterocycles. The van der Waals surface area contributed by atoms with Gasteiger partial charge in [-0.3, -0.25) is 4.90 Å². The number of hydrogen-bond donors (Lipinski definition) is 2. The summed E-state index contributed by atoms with van der Waals surface area (Å²) in [6, 6.07) is 13.6. The van der Waals surface area contributed by atoms with Gasteiger partial charge in [-0.25, -0.2) is 4.79 Å². The second-order valence-corrected chi connectivity index (χ2v) is 7.65. The molecule has 2 aromatic carbocycles. The zero-order chi connectivity index (χ0) is 20.6. The Morgan fingerprint density at radius 2 is 1.83 bits per heavy atom. The summed E-state index contributed by atoms with van der Waals surface area (Å²) >= 11 is 6.15. The molecule has 2 N–H and O–H groups in total. The average Bonchev–Trinajstić information content (AvgIpc) is 2.74. The normalized spacial score (nSPS) is 14.5. The summed E-state index contributed by atoms with van der Waals surface area (Å²) in [4.78, 5) is 16.9. The van der Waals surface area contributed by atoms with Gasteiger partial charge in [-0.15, -0.1) is 0 Å². The Balaban J connectivity index is 1.32. The molecular weight excluding hydrogens is 388 g/mol. The lowest BCUT2D eigenvalue weighted by Gasteiger charge is -2.36. The van der Waals surface area contributed by atoms with Crippen LogP contribution in [0, 0.1) is 6.92 Å². The zero-order valence-corrected chi connectivity index (χ0v) is 17.8. The predicted molar refractivity (Wildman–Crippen MR) is 119 cm³/mol. The van der Waals surface area contributed by atoms with Gasteiger partial charge in [-0.2, -0.15) is 0 Å². The minimum atomic E-state index is -0.222. The van der Waals surface area contributed by atoms with E-state index in [-0.39, 0.29) is 6.03 Å². The third-order valence-corrected chi connectivity index (χ3v) is 5.43. The predicted octanol–water partition coefficient (Wildman–Crippen LogP) is 3.99. The molecule has 2 amide bonds. The highest BCUT2D eigenvalue weighted by Gasteiger charge is 2.17. The number of piperazine rings is 1. The molecule has 0 spiro atoms. The van der Waals surface area contributed by atoms with Crippen LogP contribution >= 0.6 is 11.6 Å². The number of hydrogen-bond acceptors (Lipinski definition) is 4. The van der Waals surface area contributed by atoms with Gasteiger partial charge >= 0.3 is 6.03 Å². The van der Waals surface area contributed by atoms with Crippen molar-refractivity contribution < 1.29 is 9.53 Å². The third kappa shape index (κ3) is 6.27. The Morgan fingerprint density at radius 1 is 1.10 bits per heavy atom. The molecule has 0 aliphatic carbocycles. The van der Waals surface area contributed by atoms with E-state index in [2.05, 4.69) is 32.6 Å². The molecule has 1 heterocycles. The minimum absolute atomic E-state index is 0.222. The van der Waals surface area contributed by atoms with Crippen LogP contribution in [0.25, 0.3) is 0 Å². The van der Waals surface area contributed by atoms with Crippen LogP contribution < -0.4 is 20.3 Å². The van der Waals surface area contributed by atoms with Crippen molar-refractivity contribution in [3.8, 4) is 5.75 Å². The maximum atomic E-state index is 12.0. The van der Waals surface area contributed by atoms with Crippen molar-refractivity contribution >= 4 is 29.0 Å². The van der Waals surface area contributed by atoms with Crippen LogP contribution in [0.3, 0.4) is 0 Å². The van der Waals surface area contributed by atoms with Crippen LogP contribution in [0.5, 0.6) is 5.75 Å². The second-order valence-electron chi connectivity index (χ2n) is 7.24. The second kappa shape index (κ2) is 10.4. The molecule has 6 nitrogen and oxygen atoms in total. The van der Waals surface area contributed by atoms with Gasteiger partial charge in [0, 0.05) is 38.4 Å². The molecule has 1 fully saturated rings. The van der Waals surface area contributed by atoms with E-state index >= 15 is 0 Å². The number of amides is 2. The third-order valence-electron chi connectivity index (χ3n) is 5.12. The maximum Gasteiger partial charge on any atom is 0.319 e. The number of nitrogens with one attached hydrogen (secondary N) is 2. The summed E-state index contributed by atoms with van der Waals surface area (Å²) in [7, 11) is 1.68. The summed E-state index contributed by atoms with van der Waals surface area (Å²) in [6.07, 6.45) is 0.914. The molecule has 0 atom stereocenters. The Hall–Kier alpha value is -2.44. The van der Waals surface area contributed by atoms with E-state index in [1.807, 2.05) is 37.3 Å². The van der Waals surface area contributed by atoms with Gasteiger partial charge in [0.2, 0.25) is 0 Å². The molecule has 29 heavy (non-hydrogen) atoms. The van der Waals surface area contributed by atoms with Crippen LogP contribution in [0.1, 0.15) is 12.0 Å². The molecule has 2 aromatic rings. The van der Waals surface area contributed by atoms with Gasteiger partial charge in [0.25, 0.3) is 0 Å². The van der Waals surface area contributed by atoms with Crippen molar-refractivity contribution in [2.45, 2.75) is 13.3 Å². The van der Waals surface area contributed by atoms with Crippen molar-refractivity contribution in [2.75, 3.05) is 56.6 Å². The maximum absolute atomic E-state index is 12.0. The Morgan fingerprint density at radius 3 is 2.48 bits per heavy atom. The topological polar surface area (TPSA) is 56.8 Å². The van der Waals surface area contributed by atoms with E-state index in [1.54, 1.807) is 7.11 Å². The van der Waals surface area contributed by atoms with Crippen molar-refractivity contribution in [3.63, 3.8) is 0 Å². The van der Waals surface area contributed by atoms with Crippen molar-refractivity contribution in [1.82, 2.24) is 10.2 Å². The van der Waals surface area contributed by atoms with Gasteiger partial charge in [-0.05, 0) is 61.9 Å². The van der Waals surface area contributed by atoms with Gasteiger partial charge in [0.05, 0.1) is 17.8 Å². The van der Waals surface area contributed by atoms with Crippen molar-refractivity contribution in [3.05, 3.63) is 53.1 Å². The first-order chi connectivity index (χ1) is 14.0. The van der Waals surface area contributed by atoms with Gasteiger partial charge in [0.15, 0.2) is 0 Å². The van der Waals surface area contributed by atoms with Crippen LogP contribution in [-0.2, 0) is 0 Å². The quantitative estimate of drug-likeness (QED) is 0.670. The Bertz CT molecular complexity index is 805. The molecule has 7 heteroatoms. The molecular formula is C22H29ClN4O2. The molecule has 3 rings (SSSR count). The number of nitrogens with zero attached hydrogens (tertiary/aromatic N) is 2. The van der Waals surface area contributed by atoms with Crippen LogP contribution in [0.2, 0.25) is 5.02 Å². The molecule has 0 bridgehead atoms. The van der Waals surface area contributed by atoms with E-state index in [0.717, 1.165) is 50.5 Å². The van der Waals surface area contributed by atoms with E-state index in [9.17, 15) is 4.79 Å². The first-order valence-electron chi connectivity index (χ1n) is 9.97. The van der Waals surface area contributed by atoms with Gasteiger partial charge in [0.1, 0.15) is 5.75 Å². The van der Waals surface area contributed by atoms with Crippen LogP contribution in [0.15, 0.2) is 42.5 Å². The standard InChI is InChI=1S/C22H29ClN4O2/c1-17-4-9-21(20(23)16-17)25-22(28)24-10-3-11-26-12-14-27(15-13-26)18-5-7-19(29-2)8-6-18/h4-9,16H,3,10-15H2,1-2H3,(H2,24,25,28). The van der Waals surface area contributed by atoms with E-state index in [4.69, 9.17) is 16.3 Å². The Kier molecular flexibility index (Phi) is 7.61. The first-order valence-corrected chi connectivity index (χ1v) is 10.4. The average molecular weight is 417 g/mol. The van der Waals surface area contributed by atoms with Crippen molar-refractivity contribution in [1.29, 1.82) is 0 Å². The fourth-order valence-electron chi connectivity index (χ4n) is 3.42. The van der Waals surface area contributed by atoms with E-state index in [1.165, 1.54) is 5.69 Å². The highest BCUT2D eigenvalue weighted by Crippen LogP contribution is 2.22. The van der Waals surface area contributed by atoms with Gasteiger partial charge < -0.3 is 20.3 Å². The molecule has 0 saturated carbocycles. The molecule has 1 aliphatic rings. The summed E-state index contributed by atoms with van der Waals surface area (Å²) < 4.78 is 5.22. The zero-order valence-electron chi connectivity index (χ0n) is 17.1. The van der Waals surface area contributed by atoms with Crippen molar-refractivity contribution in [2.24, 2.45) is 0 Å². The largest absolute Gasteiger partial charge is 0.497 e. The van der Waals surface area contributed by atoms with Crippen LogP contribution in [0.4, 0.5) is 16.2 Å². The molecule has 1 saturated heterocycles. The summed E-state index contributed by atoms with van der Waals surface area (Å²) in [5.74, 6) is 0.883. The fraction of sp³-hybridized carbons (Fsp3) is 0.409. The lowest BCUT2D eigenvalue weighted by atomic mass is 10.2. The summed E-state index contributed by atoms with van der Waals surface area (Å²) in [5.41, 5.74) is 2.93. The van der Waals surface area contributed by atoms with Gasteiger partial charge in [-0.1, -0.05) is 17.7 Å². The monoisotopic (exact) mass is 416 g/mol. The lowest BCUT2D eigenvalue weighted by molar-refractivity contribution is 0.244.